The van der Waals surface area contributed by atoms with Gasteiger partial charge in [0.1, 0.15) is 6.61 Å². The Kier molecular flexibility index (Phi) is 10.1. The third-order valence-corrected chi connectivity index (χ3v) is 1.79. The van der Waals surface area contributed by atoms with Gasteiger partial charge in [-0.25, -0.2) is 0 Å². The van der Waals surface area contributed by atoms with Crippen LogP contribution in [0.25, 0.3) is 0 Å². The normalized spacial score (nSPS) is 11.5. The van der Waals surface area contributed by atoms with E-state index < -0.39 is 5.97 Å². The zero-order valence-corrected chi connectivity index (χ0v) is 10.8. The summed E-state index contributed by atoms with van der Waals surface area (Å²) >= 11 is 0. The maximum atomic E-state index is 5.42. The predicted octanol–water partition coefficient (Wildman–Crippen LogP) is 1.74. The first-order valence-corrected chi connectivity index (χ1v) is 5.76. The smallest absolute Gasteiger partial charge is 0.351 e. The minimum atomic E-state index is -1.21. The molecule has 0 unspecified atom stereocenters. The van der Waals surface area contributed by atoms with Gasteiger partial charge in [0.05, 0.1) is 32.7 Å². The molecule has 0 aliphatic carbocycles. The average molecular weight is 247 g/mol. The second kappa shape index (κ2) is 10.5. The molecular formula is C12H23O5. The Labute approximate surface area is 104 Å². The molecule has 0 rings (SSSR count). The molecule has 17 heavy (non-hydrogen) atoms. The van der Waals surface area contributed by atoms with E-state index >= 15 is 0 Å². The molecule has 0 amide bonds. The second-order valence-electron chi connectivity index (χ2n) is 3.00. The molecule has 0 saturated heterocycles. The molecule has 0 bridgehead atoms. The van der Waals surface area contributed by atoms with Crippen molar-refractivity contribution in [1.29, 1.82) is 0 Å². The van der Waals surface area contributed by atoms with Gasteiger partial charge in [0.15, 0.2) is 0 Å². The lowest BCUT2D eigenvalue weighted by molar-refractivity contribution is -0.374. The van der Waals surface area contributed by atoms with Gasteiger partial charge in [-0.3, -0.25) is 0 Å². The van der Waals surface area contributed by atoms with E-state index in [4.69, 9.17) is 23.7 Å². The Balaban J connectivity index is 4.09. The molecule has 5 heteroatoms. The van der Waals surface area contributed by atoms with Gasteiger partial charge >= 0.3 is 5.97 Å². The van der Waals surface area contributed by atoms with E-state index in [1.54, 1.807) is 0 Å². The highest BCUT2D eigenvalue weighted by Gasteiger charge is 2.33. The van der Waals surface area contributed by atoms with E-state index in [1.807, 2.05) is 13.8 Å². The summed E-state index contributed by atoms with van der Waals surface area (Å²) in [4.78, 5) is 0. The fraction of sp³-hybridized carbons (Fsp3) is 0.750. The lowest BCUT2D eigenvalue weighted by atomic mass is 10.5. The van der Waals surface area contributed by atoms with Crippen LogP contribution in [0.1, 0.15) is 13.8 Å². The van der Waals surface area contributed by atoms with Crippen molar-refractivity contribution >= 4 is 0 Å². The molecule has 0 fully saturated rings. The Morgan fingerprint density at radius 2 is 1.65 bits per heavy atom. The second-order valence-corrected chi connectivity index (χ2v) is 3.00. The lowest BCUT2D eigenvalue weighted by Gasteiger charge is -2.31. The standard InChI is InChI=1S/C12H23O5/c1-5-13-9-10-14-11-12(15-6-2,16-7-3)17-8-4/h6H,1-2,5,7-11H2,3-4H3. The van der Waals surface area contributed by atoms with Crippen molar-refractivity contribution in [2.45, 2.75) is 19.8 Å². The molecular weight excluding hydrogens is 224 g/mol. The van der Waals surface area contributed by atoms with Crippen molar-refractivity contribution in [1.82, 2.24) is 0 Å². The van der Waals surface area contributed by atoms with Crippen LogP contribution in [0.2, 0.25) is 0 Å². The third kappa shape index (κ3) is 7.33. The van der Waals surface area contributed by atoms with Gasteiger partial charge in [-0.1, -0.05) is 6.58 Å². The number of hydrogen-bond donors (Lipinski definition) is 0. The summed E-state index contributed by atoms with van der Waals surface area (Å²) in [6, 6.07) is 0. The van der Waals surface area contributed by atoms with Crippen molar-refractivity contribution in [2.24, 2.45) is 0 Å². The van der Waals surface area contributed by atoms with Crippen molar-refractivity contribution in [3.8, 4) is 0 Å². The highest BCUT2D eigenvalue weighted by atomic mass is 16.9. The summed E-state index contributed by atoms with van der Waals surface area (Å²) in [7, 11) is 0. The fourth-order valence-corrected chi connectivity index (χ4v) is 1.21. The van der Waals surface area contributed by atoms with Crippen molar-refractivity contribution < 1.29 is 23.7 Å². The van der Waals surface area contributed by atoms with E-state index in [2.05, 4.69) is 13.5 Å². The molecule has 101 valence electrons. The van der Waals surface area contributed by atoms with Crippen LogP contribution in [-0.2, 0) is 23.7 Å². The van der Waals surface area contributed by atoms with Gasteiger partial charge in [0, 0.05) is 6.61 Å². The molecule has 0 heterocycles. The van der Waals surface area contributed by atoms with Gasteiger partial charge in [-0.2, -0.15) is 0 Å². The highest BCUT2D eigenvalue weighted by Crippen LogP contribution is 2.16. The molecule has 0 saturated carbocycles. The monoisotopic (exact) mass is 247 g/mol. The summed E-state index contributed by atoms with van der Waals surface area (Å²) in [5, 5.41) is 0. The molecule has 0 N–H and O–H groups in total. The largest absolute Gasteiger partial charge is 0.446 e. The number of ether oxygens (including phenoxy) is 5. The van der Waals surface area contributed by atoms with E-state index in [1.165, 1.54) is 6.26 Å². The van der Waals surface area contributed by atoms with Crippen LogP contribution in [-0.4, -0.2) is 45.6 Å². The van der Waals surface area contributed by atoms with Crippen molar-refractivity contribution in [3.63, 3.8) is 0 Å². The first-order chi connectivity index (χ1) is 8.24. The average Bonchev–Trinajstić information content (AvgIpc) is 2.30. The maximum absolute atomic E-state index is 5.42. The van der Waals surface area contributed by atoms with Crippen LogP contribution in [0.15, 0.2) is 12.8 Å². The van der Waals surface area contributed by atoms with Crippen LogP contribution >= 0.6 is 0 Å². The van der Waals surface area contributed by atoms with Crippen molar-refractivity contribution in [2.75, 3.05) is 39.6 Å². The molecule has 0 aromatic heterocycles. The summed E-state index contributed by atoms with van der Waals surface area (Å²) in [5.74, 6) is -1.21. The SMILES string of the molecule is [CH2]COCCOCC(OC=C)(OCC)OCC. The van der Waals surface area contributed by atoms with E-state index in [9.17, 15) is 0 Å². The molecule has 0 aliphatic heterocycles. The minimum absolute atomic E-state index is 0.154. The Hall–Kier alpha value is -0.620. The summed E-state index contributed by atoms with van der Waals surface area (Å²) in [6.07, 6.45) is 1.28. The summed E-state index contributed by atoms with van der Waals surface area (Å²) < 4.78 is 26.5. The van der Waals surface area contributed by atoms with Crippen LogP contribution in [0, 0.1) is 6.92 Å². The fourth-order valence-electron chi connectivity index (χ4n) is 1.21. The molecule has 5 nitrogen and oxygen atoms in total. The van der Waals surface area contributed by atoms with E-state index in [0.29, 0.717) is 33.0 Å². The number of hydrogen-bond acceptors (Lipinski definition) is 5. The Morgan fingerprint density at radius 1 is 1.06 bits per heavy atom. The van der Waals surface area contributed by atoms with Crippen LogP contribution in [0.5, 0.6) is 0 Å². The first-order valence-electron chi connectivity index (χ1n) is 5.76. The molecule has 0 aliphatic rings. The van der Waals surface area contributed by atoms with Gasteiger partial charge < -0.3 is 23.7 Å². The lowest BCUT2D eigenvalue weighted by Crippen LogP contribution is -2.43. The number of rotatable bonds is 12. The van der Waals surface area contributed by atoms with Gasteiger partial charge in [0.25, 0.3) is 0 Å². The van der Waals surface area contributed by atoms with Crippen LogP contribution < -0.4 is 0 Å². The van der Waals surface area contributed by atoms with Crippen LogP contribution in [0.4, 0.5) is 0 Å². The first kappa shape index (κ1) is 16.4. The predicted molar refractivity (Wildman–Crippen MR) is 64.3 cm³/mol. The Morgan fingerprint density at radius 3 is 2.12 bits per heavy atom. The molecule has 0 aromatic carbocycles. The van der Waals surface area contributed by atoms with Gasteiger partial charge in [0.2, 0.25) is 0 Å². The summed E-state index contributed by atoms with van der Waals surface area (Å²) in [5.41, 5.74) is 0. The van der Waals surface area contributed by atoms with Gasteiger partial charge in [-0.05, 0) is 20.8 Å². The molecule has 0 atom stereocenters. The van der Waals surface area contributed by atoms with E-state index in [0.717, 1.165) is 0 Å². The quantitative estimate of drug-likeness (QED) is 0.298. The van der Waals surface area contributed by atoms with Gasteiger partial charge in [-0.15, -0.1) is 0 Å². The topological polar surface area (TPSA) is 46.2 Å². The Bertz CT molecular complexity index is 178. The summed E-state index contributed by atoms with van der Waals surface area (Å²) in [6.45, 7) is 13.1. The zero-order chi connectivity index (χ0) is 13.0. The maximum Gasteiger partial charge on any atom is 0.351 e. The van der Waals surface area contributed by atoms with Crippen molar-refractivity contribution in [3.05, 3.63) is 19.8 Å². The molecule has 0 spiro atoms. The molecule has 0 aromatic rings. The third-order valence-electron chi connectivity index (χ3n) is 1.79. The zero-order valence-electron chi connectivity index (χ0n) is 10.8. The minimum Gasteiger partial charge on any atom is -0.446 e. The van der Waals surface area contributed by atoms with E-state index in [-0.39, 0.29) is 6.61 Å². The molecule has 1 radical (unpaired) electrons. The highest BCUT2D eigenvalue weighted by molar-refractivity contribution is 4.62. The van der Waals surface area contributed by atoms with Crippen LogP contribution in [0.3, 0.4) is 0 Å².